The molecular weight excluding hydrogens is 265 g/mol. The zero-order valence-electron chi connectivity index (χ0n) is 8.98. The van der Waals surface area contributed by atoms with Crippen molar-refractivity contribution in [1.29, 1.82) is 0 Å². The molecule has 1 N–H and O–H groups in total. The second-order valence-electron chi connectivity index (χ2n) is 3.35. The van der Waals surface area contributed by atoms with Crippen LogP contribution in [0.4, 0.5) is 13.2 Å². The molecule has 0 fully saturated rings. The lowest BCUT2D eigenvalue weighted by Gasteiger charge is -2.18. The summed E-state index contributed by atoms with van der Waals surface area (Å²) in [6, 6.07) is 0. The minimum atomic E-state index is -5.82. The van der Waals surface area contributed by atoms with Crippen LogP contribution >= 0.6 is 0 Å². The van der Waals surface area contributed by atoms with Gasteiger partial charge in [-0.25, -0.2) is 4.39 Å². The lowest BCUT2D eigenvalue weighted by molar-refractivity contribution is -0.114. The lowest BCUT2D eigenvalue weighted by Crippen LogP contribution is -2.41. The second-order valence-corrected chi connectivity index (χ2v) is 4.84. The monoisotopic (exact) mass is 278 g/mol. The molecule has 0 spiro atoms. The summed E-state index contributed by atoms with van der Waals surface area (Å²) in [6.07, 6.45) is -2.29. The van der Waals surface area contributed by atoms with Crippen LogP contribution in [-0.4, -0.2) is 43.9 Å². The Morgan fingerprint density at radius 3 is 2.29 bits per heavy atom. The van der Waals surface area contributed by atoms with E-state index in [9.17, 15) is 26.4 Å². The number of carbonyl (C=O) groups is 1. The van der Waals surface area contributed by atoms with E-state index >= 15 is 0 Å². The molecule has 0 bridgehead atoms. The van der Waals surface area contributed by atoms with Gasteiger partial charge in [-0.1, -0.05) is 6.92 Å². The third-order valence-corrected chi connectivity index (χ3v) is 2.97. The Labute approximate surface area is 96.7 Å². The lowest BCUT2D eigenvalue weighted by atomic mass is 10.1. The van der Waals surface area contributed by atoms with E-state index < -0.39 is 34.1 Å². The van der Waals surface area contributed by atoms with Crippen LogP contribution in [0.15, 0.2) is 0 Å². The number of alkyl halides is 3. The third-order valence-electron chi connectivity index (χ3n) is 2.02. The largest absolute Gasteiger partial charge is 0.402 e. The normalized spacial score (nSPS) is 16.5. The molecule has 0 radical (unpaired) electrons. The van der Waals surface area contributed by atoms with Gasteiger partial charge in [-0.3, -0.25) is 4.55 Å². The molecule has 0 aromatic rings. The first-order valence-electron chi connectivity index (χ1n) is 4.68. The molecule has 9 heteroatoms. The highest BCUT2D eigenvalue weighted by Crippen LogP contribution is 2.27. The molecule has 0 saturated carbocycles. The number of hydrogen-bond acceptors (Lipinski definition) is 4. The van der Waals surface area contributed by atoms with E-state index in [1.165, 1.54) is 0 Å². The number of hydrogen-bond donors (Lipinski definition) is 1. The Balaban J connectivity index is 4.28. The molecule has 0 aliphatic rings. The van der Waals surface area contributed by atoms with Gasteiger partial charge in [0.15, 0.2) is 0 Å². The molecule has 0 rings (SSSR count). The number of carbonyl (C=O) groups excluding carboxylic acids is 1. The Bertz CT molecular complexity index is 343. The van der Waals surface area contributed by atoms with Crippen LogP contribution in [0.3, 0.4) is 0 Å². The molecule has 2 atom stereocenters. The van der Waals surface area contributed by atoms with Crippen LogP contribution in [0.25, 0.3) is 0 Å². The van der Waals surface area contributed by atoms with Crippen molar-refractivity contribution in [2.75, 3.05) is 13.2 Å². The third kappa shape index (κ3) is 4.60. The van der Waals surface area contributed by atoms with E-state index in [-0.39, 0.29) is 6.61 Å². The molecule has 5 nitrogen and oxygen atoms in total. The van der Waals surface area contributed by atoms with E-state index in [0.717, 1.165) is 0 Å². The molecule has 0 aromatic heterocycles. The number of rotatable bonds is 8. The Kier molecular flexibility index (Phi) is 6.06. The molecule has 17 heavy (non-hydrogen) atoms. The van der Waals surface area contributed by atoms with Crippen molar-refractivity contribution in [2.24, 2.45) is 5.92 Å². The Morgan fingerprint density at radius 2 is 1.94 bits per heavy atom. The fraction of sp³-hybridized carbons (Fsp3) is 0.875. The summed E-state index contributed by atoms with van der Waals surface area (Å²) in [7, 11) is -5.82. The Hall–Kier alpha value is -0.670. The van der Waals surface area contributed by atoms with Gasteiger partial charge in [0.25, 0.3) is 0 Å². The highest BCUT2D eigenvalue weighted by Gasteiger charge is 2.52. The van der Waals surface area contributed by atoms with Crippen LogP contribution in [0, 0.1) is 5.92 Å². The molecular formula is C8H13F3O5S. The van der Waals surface area contributed by atoms with Gasteiger partial charge < -0.3 is 9.53 Å². The van der Waals surface area contributed by atoms with E-state index in [1.54, 1.807) is 6.92 Å². The van der Waals surface area contributed by atoms with E-state index in [4.69, 9.17) is 4.55 Å². The van der Waals surface area contributed by atoms with Crippen molar-refractivity contribution >= 4 is 16.4 Å². The summed E-state index contributed by atoms with van der Waals surface area (Å²) in [5, 5.41) is -4.92. The average Bonchev–Trinajstić information content (AvgIpc) is 2.22. The van der Waals surface area contributed by atoms with Crippen molar-refractivity contribution in [2.45, 2.75) is 24.8 Å². The van der Waals surface area contributed by atoms with Crippen LogP contribution in [0.1, 0.15) is 13.3 Å². The van der Waals surface area contributed by atoms with Crippen LogP contribution < -0.4 is 0 Å². The summed E-state index contributed by atoms with van der Waals surface area (Å²) in [5.41, 5.74) is 0. The standard InChI is InChI=1S/C8H13F3O5S/c1-2-6(3-12)4-16-5-7(9)8(10,11)17(13,14)15/h3,6-7H,2,4-5H2,1H3,(H,13,14,15). The predicted molar refractivity (Wildman–Crippen MR) is 52.1 cm³/mol. The minimum Gasteiger partial charge on any atom is -0.377 e. The molecule has 2 unspecified atom stereocenters. The fourth-order valence-electron chi connectivity index (χ4n) is 0.835. The number of aldehydes is 1. The van der Waals surface area contributed by atoms with Crippen LogP contribution in [0.2, 0.25) is 0 Å². The SMILES string of the molecule is CCC(C=O)COCC(F)C(F)(F)S(=O)(=O)O. The summed E-state index contributed by atoms with van der Waals surface area (Å²) < 4.78 is 71.0. The minimum absolute atomic E-state index is 0.290. The van der Waals surface area contributed by atoms with Gasteiger partial charge in [-0.2, -0.15) is 17.2 Å². The van der Waals surface area contributed by atoms with Crippen molar-refractivity contribution < 1.29 is 35.7 Å². The number of halogens is 3. The van der Waals surface area contributed by atoms with Gasteiger partial charge in [0.05, 0.1) is 13.2 Å². The van der Waals surface area contributed by atoms with Gasteiger partial charge in [0.2, 0.25) is 6.17 Å². The zero-order chi connectivity index (χ0) is 13.7. The highest BCUT2D eigenvalue weighted by molar-refractivity contribution is 7.86. The molecule has 0 aliphatic heterocycles. The molecule has 102 valence electrons. The highest BCUT2D eigenvalue weighted by atomic mass is 32.2. The zero-order valence-corrected chi connectivity index (χ0v) is 9.79. The van der Waals surface area contributed by atoms with E-state index in [1.807, 2.05) is 0 Å². The van der Waals surface area contributed by atoms with Gasteiger partial charge >= 0.3 is 15.4 Å². The van der Waals surface area contributed by atoms with Crippen molar-refractivity contribution in [3.63, 3.8) is 0 Å². The molecule has 0 aliphatic carbocycles. The fourth-order valence-corrected chi connectivity index (χ4v) is 1.23. The van der Waals surface area contributed by atoms with Crippen molar-refractivity contribution in [3.05, 3.63) is 0 Å². The second kappa shape index (κ2) is 6.31. The maximum absolute atomic E-state index is 12.8. The first-order valence-corrected chi connectivity index (χ1v) is 6.12. The van der Waals surface area contributed by atoms with Crippen LogP contribution in [-0.2, 0) is 19.6 Å². The molecule has 0 amide bonds. The topological polar surface area (TPSA) is 80.7 Å². The smallest absolute Gasteiger partial charge is 0.377 e. The predicted octanol–water partition coefficient (Wildman–Crippen LogP) is 1.05. The Morgan fingerprint density at radius 1 is 1.41 bits per heavy atom. The maximum Gasteiger partial charge on any atom is 0.402 e. The average molecular weight is 278 g/mol. The maximum atomic E-state index is 12.8. The summed E-state index contributed by atoms with van der Waals surface area (Å²) in [6.45, 7) is 0.126. The quantitative estimate of drug-likeness (QED) is 0.530. The number of ether oxygens (including phenoxy) is 1. The summed E-state index contributed by atoms with van der Waals surface area (Å²) >= 11 is 0. The molecule has 0 saturated heterocycles. The summed E-state index contributed by atoms with van der Waals surface area (Å²) in [5.74, 6) is -0.568. The van der Waals surface area contributed by atoms with Gasteiger partial charge in [0, 0.05) is 5.92 Å². The van der Waals surface area contributed by atoms with E-state index in [2.05, 4.69) is 4.74 Å². The van der Waals surface area contributed by atoms with Gasteiger partial charge in [0.1, 0.15) is 6.29 Å². The van der Waals surface area contributed by atoms with Gasteiger partial charge in [-0.05, 0) is 6.42 Å². The van der Waals surface area contributed by atoms with Crippen molar-refractivity contribution in [1.82, 2.24) is 0 Å². The van der Waals surface area contributed by atoms with E-state index in [0.29, 0.717) is 12.7 Å². The molecule has 0 heterocycles. The van der Waals surface area contributed by atoms with Gasteiger partial charge in [-0.15, -0.1) is 0 Å². The summed E-state index contributed by atoms with van der Waals surface area (Å²) in [4.78, 5) is 10.3. The van der Waals surface area contributed by atoms with Crippen LogP contribution in [0.5, 0.6) is 0 Å². The first kappa shape index (κ1) is 16.3. The van der Waals surface area contributed by atoms with Crippen molar-refractivity contribution in [3.8, 4) is 0 Å². The first-order chi connectivity index (χ1) is 7.66. The molecule has 0 aromatic carbocycles.